The molecule has 2 aromatic carbocycles. The minimum absolute atomic E-state index is 0.378. The Balaban J connectivity index is 2.19. The van der Waals surface area contributed by atoms with E-state index in [0.29, 0.717) is 17.1 Å². The van der Waals surface area contributed by atoms with Crippen LogP contribution >= 0.6 is 15.9 Å². The fourth-order valence-corrected chi connectivity index (χ4v) is 1.71. The molecule has 0 amide bonds. The average Bonchev–Trinajstić information content (AvgIpc) is 2.41. The lowest BCUT2D eigenvalue weighted by Crippen LogP contribution is -2.00. The van der Waals surface area contributed by atoms with Crippen molar-refractivity contribution >= 4 is 21.9 Å². The van der Waals surface area contributed by atoms with E-state index < -0.39 is 0 Å². The van der Waals surface area contributed by atoms with Gasteiger partial charge in [-0.3, -0.25) is 0 Å². The molecule has 0 heterocycles. The van der Waals surface area contributed by atoms with Gasteiger partial charge in [-0.05, 0) is 42.5 Å². The van der Waals surface area contributed by atoms with Gasteiger partial charge in [-0.25, -0.2) is 4.79 Å². The standard InChI is InChI=1S/C14H11BrO3/c1-17-14(16)10-3-2-4-13(9-10)18-12-7-5-11(15)6-8-12/h2-9H,1H3. The normalized spacial score (nSPS) is 9.89. The van der Waals surface area contributed by atoms with Gasteiger partial charge in [0.15, 0.2) is 0 Å². The van der Waals surface area contributed by atoms with Gasteiger partial charge in [-0.15, -0.1) is 0 Å². The second-order valence-corrected chi connectivity index (χ2v) is 4.49. The lowest BCUT2D eigenvalue weighted by atomic mass is 10.2. The first-order valence-corrected chi connectivity index (χ1v) is 6.10. The molecule has 2 aromatic rings. The molecule has 0 bridgehead atoms. The van der Waals surface area contributed by atoms with Crippen molar-refractivity contribution in [1.82, 2.24) is 0 Å². The Kier molecular flexibility index (Phi) is 3.99. The van der Waals surface area contributed by atoms with Gasteiger partial charge >= 0.3 is 5.97 Å². The van der Waals surface area contributed by atoms with E-state index in [9.17, 15) is 4.79 Å². The number of methoxy groups -OCH3 is 1. The maximum atomic E-state index is 11.4. The van der Waals surface area contributed by atoms with Crippen LogP contribution in [0.3, 0.4) is 0 Å². The summed E-state index contributed by atoms with van der Waals surface area (Å²) in [4.78, 5) is 11.4. The average molecular weight is 307 g/mol. The molecule has 0 unspecified atom stereocenters. The van der Waals surface area contributed by atoms with Crippen molar-refractivity contribution in [3.63, 3.8) is 0 Å². The van der Waals surface area contributed by atoms with Gasteiger partial charge in [-0.1, -0.05) is 22.0 Å². The summed E-state index contributed by atoms with van der Waals surface area (Å²) in [6.07, 6.45) is 0. The van der Waals surface area contributed by atoms with Crippen LogP contribution in [0.25, 0.3) is 0 Å². The Morgan fingerprint density at radius 2 is 1.78 bits per heavy atom. The van der Waals surface area contributed by atoms with Gasteiger partial charge in [0, 0.05) is 4.47 Å². The quantitative estimate of drug-likeness (QED) is 0.803. The number of benzene rings is 2. The van der Waals surface area contributed by atoms with Crippen LogP contribution in [0.2, 0.25) is 0 Å². The van der Waals surface area contributed by atoms with Gasteiger partial charge in [0.05, 0.1) is 12.7 Å². The summed E-state index contributed by atoms with van der Waals surface area (Å²) in [5, 5.41) is 0. The predicted octanol–water partition coefficient (Wildman–Crippen LogP) is 4.03. The van der Waals surface area contributed by atoms with Gasteiger partial charge in [-0.2, -0.15) is 0 Å². The number of carbonyl (C=O) groups excluding carboxylic acids is 1. The highest BCUT2D eigenvalue weighted by atomic mass is 79.9. The van der Waals surface area contributed by atoms with Crippen LogP contribution in [0, 0.1) is 0 Å². The van der Waals surface area contributed by atoms with E-state index in [1.165, 1.54) is 7.11 Å². The molecule has 0 aliphatic carbocycles. The van der Waals surface area contributed by atoms with Crippen LogP contribution in [0.5, 0.6) is 11.5 Å². The molecule has 3 nitrogen and oxygen atoms in total. The number of hydrogen-bond acceptors (Lipinski definition) is 3. The lowest BCUT2D eigenvalue weighted by Gasteiger charge is -2.07. The Bertz CT molecular complexity index is 549. The molecule has 0 saturated carbocycles. The van der Waals surface area contributed by atoms with E-state index in [2.05, 4.69) is 20.7 Å². The third-order valence-electron chi connectivity index (χ3n) is 2.30. The summed E-state index contributed by atoms with van der Waals surface area (Å²) in [5.41, 5.74) is 0.465. The van der Waals surface area contributed by atoms with E-state index in [1.807, 2.05) is 24.3 Å². The van der Waals surface area contributed by atoms with E-state index >= 15 is 0 Å². The van der Waals surface area contributed by atoms with E-state index in [1.54, 1.807) is 24.3 Å². The third-order valence-corrected chi connectivity index (χ3v) is 2.83. The number of halogens is 1. The molecule has 0 spiro atoms. The molecular formula is C14H11BrO3. The third kappa shape index (κ3) is 3.11. The molecule has 0 atom stereocenters. The summed E-state index contributed by atoms with van der Waals surface area (Å²) in [6, 6.07) is 14.3. The number of carbonyl (C=O) groups is 1. The zero-order valence-corrected chi connectivity index (χ0v) is 11.3. The van der Waals surface area contributed by atoms with Crippen molar-refractivity contribution in [2.75, 3.05) is 7.11 Å². The highest BCUT2D eigenvalue weighted by molar-refractivity contribution is 9.10. The van der Waals surface area contributed by atoms with Crippen LogP contribution in [0.1, 0.15) is 10.4 Å². The Morgan fingerprint density at radius 3 is 2.44 bits per heavy atom. The van der Waals surface area contributed by atoms with Crippen LogP contribution in [-0.2, 0) is 4.74 Å². The molecule has 0 aliphatic heterocycles. The molecule has 0 saturated heterocycles. The first-order valence-electron chi connectivity index (χ1n) is 5.31. The topological polar surface area (TPSA) is 35.5 Å². The summed E-state index contributed by atoms with van der Waals surface area (Å²) < 4.78 is 11.3. The highest BCUT2D eigenvalue weighted by Gasteiger charge is 2.06. The van der Waals surface area contributed by atoms with Crippen molar-refractivity contribution in [3.8, 4) is 11.5 Å². The second-order valence-electron chi connectivity index (χ2n) is 3.58. The molecule has 0 aliphatic rings. The predicted molar refractivity (Wildman–Crippen MR) is 72.0 cm³/mol. The zero-order valence-electron chi connectivity index (χ0n) is 9.72. The van der Waals surface area contributed by atoms with Crippen LogP contribution in [0.4, 0.5) is 0 Å². The minimum Gasteiger partial charge on any atom is -0.465 e. The molecule has 0 radical (unpaired) electrons. The number of hydrogen-bond donors (Lipinski definition) is 0. The Morgan fingerprint density at radius 1 is 1.06 bits per heavy atom. The monoisotopic (exact) mass is 306 g/mol. The van der Waals surface area contributed by atoms with Gasteiger partial charge in [0.1, 0.15) is 11.5 Å². The summed E-state index contributed by atoms with van der Waals surface area (Å²) in [7, 11) is 1.35. The van der Waals surface area contributed by atoms with Gasteiger partial charge in [0.2, 0.25) is 0 Å². The van der Waals surface area contributed by atoms with Crippen molar-refractivity contribution in [3.05, 3.63) is 58.6 Å². The molecule has 92 valence electrons. The SMILES string of the molecule is COC(=O)c1cccc(Oc2ccc(Br)cc2)c1. The molecular weight excluding hydrogens is 296 g/mol. The minimum atomic E-state index is -0.378. The summed E-state index contributed by atoms with van der Waals surface area (Å²) >= 11 is 3.35. The second kappa shape index (κ2) is 5.69. The van der Waals surface area contributed by atoms with Crippen LogP contribution < -0.4 is 4.74 Å². The van der Waals surface area contributed by atoms with Crippen molar-refractivity contribution in [1.29, 1.82) is 0 Å². The number of esters is 1. The van der Waals surface area contributed by atoms with E-state index in [-0.39, 0.29) is 5.97 Å². The van der Waals surface area contributed by atoms with Crippen molar-refractivity contribution < 1.29 is 14.3 Å². The lowest BCUT2D eigenvalue weighted by molar-refractivity contribution is 0.0600. The molecule has 4 heteroatoms. The maximum Gasteiger partial charge on any atom is 0.337 e. The number of ether oxygens (including phenoxy) is 2. The largest absolute Gasteiger partial charge is 0.465 e. The Hall–Kier alpha value is -1.81. The smallest absolute Gasteiger partial charge is 0.337 e. The first kappa shape index (κ1) is 12.6. The summed E-state index contributed by atoms with van der Waals surface area (Å²) in [6.45, 7) is 0. The molecule has 2 rings (SSSR count). The fraction of sp³-hybridized carbons (Fsp3) is 0.0714. The van der Waals surface area contributed by atoms with E-state index in [4.69, 9.17) is 4.74 Å². The van der Waals surface area contributed by atoms with Crippen molar-refractivity contribution in [2.24, 2.45) is 0 Å². The fourth-order valence-electron chi connectivity index (χ4n) is 1.44. The molecule has 0 aromatic heterocycles. The molecule has 0 N–H and O–H groups in total. The van der Waals surface area contributed by atoms with Crippen molar-refractivity contribution in [2.45, 2.75) is 0 Å². The number of rotatable bonds is 3. The van der Waals surface area contributed by atoms with E-state index in [0.717, 1.165) is 4.47 Å². The molecule has 0 fully saturated rings. The first-order chi connectivity index (χ1) is 8.69. The van der Waals surface area contributed by atoms with Crippen LogP contribution in [0.15, 0.2) is 53.0 Å². The zero-order chi connectivity index (χ0) is 13.0. The Labute approximate surface area is 113 Å². The maximum absolute atomic E-state index is 11.4. The molecule has 18 heavy (non-hydrogen) atoms. The van der Waals surface area contributed by atoms with Crippen LogP contribution in [-0.4, -0.2) is 13.1 Å². The highest BCUT2D eigenvalue weighted by Crippen LogP contribution is 2.24. The summed E-state index contributed by atoms with van der Waals surface area (Å²) in [5.74, 6) is 0.927. The van der Waals surface area contributed by atoms with Gasteiger partial charge in [0.25, 0.3) is 0 Å². The van der Waals surface area contributed by atoms with Gasteiger partial charge < -0.3 is 9.47 Å².